The predicted molar refractivity (Wildman–Crippen MR) is 155 cm³/mol. The van der Waals surface area contributed by atoms with Crippen LogP contribution >= 0.6 is 0 Å². The van der Waals surface area contributed by atoms with Crippen LogP contribution < -0.4 is 0 Å². The van der Waals surface area contributed by atoms with Gasteiger partial charge in [0.05, 0.1) is 6.20 Å². The molecule has 4 aromatic heterocycles. The lowest BCUT2D eigenvalue weighted by Gasteiger charge is -2.35. The highest BCUT2D eigenvalue weighted by Gasteiger charge is 2.32. The van der Waals surface area contributed by atoms with Gasteiger partial charge in [0.25, 0.3) is 5.91 Å². The number of benzene rings is 2. The van der Waals surface area contributed by atoms with Crippen molar-refractivity contribution in [2.75, 3.05) is 13.1 Å². The van der Waals surface area contributed by atoms with Gasteiger partial charge in [0, 0.05) is 43.7 Å². The van der Waals surface area contributed by atoms with Crippen LogP contribution in [-0.2, 0) is 7.05 Å². The van der Waals surface area contributed by atoms with Gasteiger partial charge >= 0.3 is 0 Å². The molecule has 0 radical (unpaired) electrons. The number of piperidine rings is 1. The van der Waals surface area contributed by atoms with E-state index in [1.54, 1.807) is 21.7 Å². The standard InChI is InChI=1S/C31H29N9O2/c1-20-35-37-40(36-20)29(21-6-4-3-5-7-21)22-11-14-39(15-12-22)31(41)27-17-24(10-13-32-27)30-34-26-16-23(8-9-28(26)42-30)25-18-33-38(2)19-25/h3-10,13,16-19,22,29H,11-12,14-15H2,1-2H3/t29-/m1/s1. The van der Waals surface area contributed by atoms with Crippen molar-refractivity contribution in [2.45, 2.75) is 25.8 Å². The van der Waals surface area contributed by atoms with Crippen molar-refractivity contribution >= 4 is 17.0 Å². The van der Waals surface area contributed by atoms with E-state index in [1.807, 2.05) is 73.7 Å². The van der Waals surface area contributed by atoms with Gasteiger partial charge in [-0.3, -0.25) is 14.5 Å². The molecule has 42 heavy (non-hydrogen) atoms. The number of likely N-dealkylation sites (tertiary alicyclic amines) is 1. The van der Waals surface area contributed by atoms with Gasteiger partial charge < -0.3 is 9.32 Å². The van der Waals surface area contributed by atoms with Crippen molar-refractivity contribution in [1.82, 2.24) is 44.9 Å². The zero-order valence-electron chi connectivity index (χ0n) is 23.3. The SMILES string of the molecule is Cc1nnn([C@H](c2ccccc2)C2CCN(C(=O)c3cc(-c4nc5cc(-c6cnn(C)c6)ccc5o4)ccn3)CC2)n1. The van der Waals surface area contributed by atoms with Crippen molar-refractivity contribution in [3.63, 3.8) is 0 Å². The number of carbonyl (C=O) groups is 1. The average Bonchev–Trinajstić information content (AvgIpc) is 3.77. The number of aromatic nitrogens is 8. The maximum Gasteiger partial charge on any atom is 0.272 e. The molecule has 0 saturated carbocycles. The number of amides is 1. The molecule has 2 aromatic carbocycles. The number of pyridine rings is 1. The van der Waals surface area contributed by atoms with Crippen LogP contribution in [0.1, 0.15) is 40.8 Å². The number of oxazole rings is 1. The van der Waals surface area contributed by atoms with Crippen LogP contribution in [0.15, 0.2) is 83.7 Å². The normalized spacial score (nSPS) is 14.9. The van der Waals surface area contributed by atoms with Crippen LogP contribution in [-0.4, -0.2) is 63.9 Å². The largest absolute Gasteiger partial charge is 0.436 e. The molecule has 11 nitrogen and oxygen atoms in total. The van der Waals surface area contributed by atoms with Gasteiger partial charge in [-0.05, 0) is 66.3 Å². The van der Waals surface area contributed by atoms with E-state index in [2.05, 4.69) is 37.6 Å². The summed E-state index contributed by atoms with van der Waals surface area (Å²) in [5, 5.41) is 17.2. The molecule has 0 bridgehead atoms. The molecule has 6 aromatic rings. The summed E-state index contributed by atoms with van der Waals surface area (Å²) in [5.41, 5.74) is 5.65. The van der Waals surface area contributed by atoms with Gasteiger partial charge in [0.15, 0.2) is 11.4 Å². The Kier molecular flexibility index (Phi) is 6.54. The highest BCUT2D eigenvalue weighted by molar-refractivity contribution is 5.93. The zero-order valence-corrected chi connectivity index (χ0v) is 23.3. The van der Waals surface area contributed by atoms with E-state index < -0.39 is 0 Å². The van der Waals surface area contributed by atoms with Gasteiger partial charge in [-0.1, -0.05) is 36.4 Å². The van der Waals surface area contributed by atoms with E-state index >= 15 is 0 Å². The Morgan fingerprint density at radius 1 is 1.00 bits per heavy atom. The number of rotatable bonds is 6. The summed E-state index contributed by atoms with van der Waals surface area (Å²) in [6, 6.07) is 19.7. The molecule has 0 N–H and O–H groups in total. The number of tetrazole rings is 1. The molecule has 1 atom stereocenters. The third-order valence-electron chi connectivity index (χ3n) is 7.84. The van der Waals surface area contributed by atoms with Gasteiger partial charge in [0.1, 0.15) is 17.3 Å². The lowest BCUT2D eigenvalue weighted by atomic mass is 9.85. The first-order chi connectivity index (χ1) is 20.5. The summed E-state index contributed by atoms with van der Waals surface area (Å²) in [5.74, 6) is 1.25. The van der Waals surface area contributed by atoms with E-state index in [-0.39, 0.29) is 17.9 Å². The monoisotopic (exact) mass is 559 g/mol. The van der Waals surface area contributed by atoms with Gasteiger partial charge in [-0.25, -0.2) is 4.98 Å². The average molecular weight is 560 g/mol. The number of aryl methyl sites for hydroxylation is 2. The van der Waals surface area contributed by atoms with Gasteiger partial charge in [0.2, 0.25) is 5.89 Å². The molecular weight excluding hydrogens is 530 g/mol. The second kappa shape index (κ2) is 10.7. The number of fused-ring (bicyclic) bond motifs is 1. The fourth-order valence-corrected chi connectivity index (χ4v) is 5.72. The van der Waals surface area contributed by atoms with E-state index in [0.29, 0.717) is 41.6 Å². The Bertz CT molecular complexity index is 1870. The second-order valence-corrected chi connectivity index (χ2v) is 10.7. The number of hydrogen-bond acceptors (Lipinski definition) is 8. The minimum absolute atomic E-state index is 0.0380. The predicted octanol–water partition coefficient (Wildman–Crippen LogP) is 4.73. The van der Waals surface area contributed by atoms with E-state index in [4.69, 9.17) is 9.40 Å². The minimum Gasteiger partial charge on any atom is -0.436 e. The highest BCUT2D eigenvalue weighted by Crippen LogP contribution is 2.34. The molecule has 5 heterocycles. The lowest BCUT2D eigenvalue weighted by molar-refractivity contribution is 0.0658. The fraction of sp³-hybridized carbons (Fsp3) is 0.258. The maximum atomic E-state index is 13.5. The summed E-state index contributed by atoms with van der Waals surface area (Å²) >= 11 is 0. The molecule has 1 amide bonds. The molecule has 0 aliphatic carbocycles. The van der Waals surface area contributed by atoms with Crippen LogP contribution in [0.5, 0.6) is 0 Å². The van der Waals surface area contributed by atoms with Crippen LogP contribution in [0, 0.1) is 12.8 Å². The molecule has 7 rings (SSSR count). The first-order valence-electron chi connectivity index (χ1n) is 14.0. The topological polar surface area (TPSA) is 121 Å². The molecule has 11 heteroatoms. The summed E-state index contributed by atoms with van der Waals surface area (Å²) in [6.45, 7) is 3.08. The molecule has 210 valence electrons. The first kappa shape index (κ1) is 25.8. The number of nitrogens with zero attached hydrogens (tertiary/aromatic N) is 9. The third-order valence-corrected chi connectivity index (χ3v) is 7.84. The lowest BCUT2D eigenvalue weighted by Crippen LogP contribution is -2.41. The van der Waals surface area contributed by atoms with Crippen molar-refractivity contribution in [3.05, 3.63) is 96.3 Å². The molecule has 1 fully saturated rings. The summed E-state index contributed by atoms with van der Waals surface area (Å²) in [4.78, 5) is 26.2. The highest BCUT2D eigenvalue weighted by atomic mass is 16.3. The number of carbonyl (C=O) groups excluding carboxylic acids is 1. The molecule has 1 aliphatic heterocycles. The third kappa shape index (κ3) is 4.93. The van der Waals surface area contributed by atoms with Gasteiger partial charge in [-0.15, -0.1) is 10.2 Å². The van der Waals surface area contributed by atoms with Crippen LogP contribution in [0.2, 0.25) is 0 Å². The number of hydrogen-bond donors (Lipinski definition) is 0. The maximum absolute atomic E-state index is 13.5. The summed E-state index contributed by atoms with van der Waals surface area (Å²) < 4.78 is 7.82. The van der Waals surface area contributed by atoms with Crippen molar-refractivity contribution in [3.8, 4) is 22.6 Å². The van der Waals surface area contributed by atoms with Crippen molar-refractivity contribution in [1.29, 1.82) is 0 Å². The van der Waals surface area contributed by atoms with Crippen LogP contribution in [0.25, 0.3) is 33.7 Å². The van der Waals surface area contributed by atoms with E-state index in [1.165, 1.54) is 0 Å². The Morgan fingerprint density at radius 3 is 2.57 bits per heavy atom. The van der Waals surface area contributed by atoms with Crippen molar-refractivity contribution < 1.29 is 9.21 Å². The first-order valence-corrected chi connectivity index (χ1v) is 14.0. The van der Waals surface area contributed by atoms with Gasteiger partial charge in [-0.2, -0.15) is 9.90 Å². The Morgan fingerprint density at radius 2 is 1.83 bits per heavy atom. The smallest absolute Gasteiger partial charge is 0.272 e. The second-order valence-electron chi connectivity index (χ2n) is 10.7. The Hall–Kier alpha value is -5.19. The summed E-state index contributed by atoms with van der Waals surface area (Å²) in [6.07, 6.45) is 7.04. The molecule has 1 saturated heterocycles. The Balaban J connectivity index is 1.08. The van der Waals surface area contributed by atoms with E-state index in [9.17, 15) is 4.79 Å². The fourth-order valence-electron chi connectivity index (χ4n) is 5.72. The van der Waals surface area contributed by atoms with Crippen LogP contribution in [0.4, 0.5) is 0 Å². The quantitative estimate of drug-likeness (QED) is 0.287. The van der Waals surface area contributed by atoms with E-state index in [0.717, 1.165) is 35.0 Å². The molecule has 0 unspecified atom stereocenters. The molecular formula is C31H29N9O2. The molecule has 0 spiro atoms. The van der Waals surface area contributed by atoms with Crippen LogP contribution in [0.3, 0.4) is 0 Å². The Labute approximate surface area is 241 Å². The van der Waals surface area contributed by atoms with Crippen molar-refractivity contribution in [2.24, 2.45) is 13.0 Å². The molecule has 1 aliphatic rings. The zero-order chi connectivity index (χ0) is 28.6. The summed E-state index contributed by atoms with van der Waals surface area (Å²) in [7, 11) is 1.89. The minimum atomic E-state index is -0.101.